The Kier molecular flexibility index (Phi) is 5.54. The minimum atomic E-state index is -0.360. The molecule has 0 saturated heterocycles. The first-order valence-electron chi connectivity index (χ1n) is 7.77. The van der Waals surface area contributed by atoms with Gasteiger partial charge in [0.15, 0.2) is 0 Å². The second kappa shape index (κ2) is 7.39. The Balaban J connectivity index is 2.07. The zero-order valence-corrected chi connectivity index (χ0v) is 12.5. The first kappa shape index (κ1) is 15.0. The van der Waals surface area contributed by atoms with Gasteiger partial charge in [-0.15, -0.1) is 0 Å². The summed E-state index contributed by atoms with van der Waals surface area (Å²) in [6.07, 6.45) is 7.16. The van der Waals surface area contributed by atoms with E-state index in [2.05, 4.69) is 24.9 Å². The third-order valence-electron chi connectivity index (χ3n) is 4.11. The van der Waals surface area contributed by atoms with E-state index >= 15 is 0 Å². The summed E-state index contributed by atoms with van der Waals surface area (Å²) in [5.41, 5.74) is 2.00. The SMILES string of the molecule is CCCCC(CC)CC(O)c1ccc2ncccc2c1. The molecule has 2 heteroatoms. The van der Waals surface area contributed by atoms with Gasteiger partial charge in [0.2, 0.25) is 0 Å². The van der Waals surface area contributed by atoms with Gasteiger partial charge in [0.25, 0.3) is 0 Å². The molecule has 1 aromatic heterocycles. The van der Waals surface area contributed by atoms with Crippen molar-refractivity contribution in [1.82, 2.24) is 4.98 Å². The molecule has 0 spiro atoms. The van der Waals surface area contributed by atoms with Gasteiger partial charge >= 0.3 is 0 Å². The van der Waals surface area contributed by atoms with Crippen LogP contribution in [0, 0.1) is 5.92 Å². The molecule has 20 heavy (non-hydrogen) atoms. The highest BCUT2D eigenvalue weighted by Crippen LogP contribution is 2.28. The number of hydrogen-bond acceptors (Lipinski definition) is 2. The Labute approximate surface area is 121 Å². The van der Waals surface area contributed by atoms with Crippen molar-refractivity contribution in [2.45, 2.75) is 52.1 Å². The maximum atomic E-state index is 10.5. The fraction of sp³-hybridized carbons (Fsp3) is 0.500. The lowest BCUT2D eigenvalue weighted by atomic mass is 9.90. The van der Waals surface area contributed by atoms with E-state index in [1.807, 2.05) is 24.3 Å². The van der Waals surface area contributed by atoms with E-state index < -0.39 is 0 Å². The van der Waals surface area contributed by atoms with E-state index in [4.69, 9.17) is 0 Å². The predicted octanol–water partition coefficient (Wildman–Crippen LogP) is 4.87. The summed E-state index contributed by atoms with van der Waals surface area (Å²) in [6.45, 7) is 4.44. The van der Waals surface area contributed by atoms with Crippen LogP contribution in [0.5, 0.6) is 0 Å². The van der Waals surface area contributed by atoms with E-state index in [1.165, 1.54) is 19.3 Å². The van der Waals surface area contributed by atoms with Crippen molar-refractivity contribution in [2.24, 2.45) is 5.92 Å². The van der Waals surface area contributed by atoms with Crippen LogP contribution in [-0.2, 0) is 0 Å². The Morgan fingerprint density at radius 2 is 2.05 bits per heavy atom. The molecule has 2 rings (SSSR count). The van der Waals surface area contributed by atoms with Crippen LogP contribution in [0.15, 0.2) is 36.5 Å². The lowest BCUT2D eigenvalue weighted by Gasteiger charge is -2.19. The van der Waals surface area contributed by atoms with Crippen LogP contribution in [0.4, 0.5) is 0 Å². The Morgan fingerprint density at radius 3 is 2.80 bits per heavy atom. The number of unbranched alkanes of at least 4 members (excludes halogenated alkanes) is 1. The summed E-state index contributed by atoms with van der Waals surface area (Å²) < 4.78 is 0. The molecule has 2 nitrogen and oxygen atoms in total. The molecule has 0 fully saturated rings. The molecule has 0 amide bonds. The van der Waals surface area contributed by atoms with E-state index in [-0.39, 0.29) is 6.10 Å². The summed E-state index contributed by atoms with van der Waals surface area (Å²) in [5.74, 6) is 0.620. The Morgan fingerprint density at radius 1 is 1.20 bits per heavy atom. The van der Waals surface area contributed by atoms with Gasteiger partial charge in [-0.2, -0.15) is 0 Å². The maximum absolute atomic E-state index is 10.5. The van der Waals surface area contributed by atoms with Gasteiger partial charge in [0.1, 0.15) is 0 Å². The quantitative estimate of drug-likeness (QED) is 0.779. The van der Waals surface area contributed by atoms with Crippen molar-refractivity contribution in [3.63, 3.8) is 0 Å². The van der Waals surface area contributed by atoms with Crippen molar-refractivity contribution in [3.8, 4) is 0 Å². The molecule has 0 aliphatic carbocycles. The van der Waals surface area contributed by atoms with Gasteiger partial charge < -0.3 is 5.11 Å². The number of nitrogens with zero attached hydrogens (tertiary/aromatic N) is 1. The van der Waals surface area contributed by atoms with Crippen LogP contribution < -0.4 is 0 Å². The number of aliphatic hydroxyl groups is 1. The molecule has 2 atom stereocenters. The number of hydrogen-bond donors (Lipinski definition) is 1. The van der Waals surface area contributed by atoms with Crippen LogP contribution in [-0.4, -0.2) is 10.1 Å². The third-order valence-corrected chi connectivity index (χ3v) is 4.11. The maximum Gasteiger partial charge on any atom is 0.0792 e. The first-order valence-corrected chi connectivity index (χ1v) is 7.77. The second-order valence-corrected chi connectivity index (χ2v) is 5.62. The minimum absolute atomic E-state index is 0.360. The van der Waals surface area contributed by atoms with Crippen LogP contribution in [0.1, 0.15) is 57.6 Å². The number of aliphatic hydroxyl groups excluding tert-OH is 1. The summed E-state index contributed by atoms with van der Waals surface area (Å²) in [6, 6.07) is 10.1. The molecule has 2 unspecified atom stereocenters. The average molecular weight is 271 g/mol. The molecule has 0 saturated carbocycles. The second-order valence-electron chi connectivity index (χ2n) is 5.62. The molecule has 2 aromatic rings. The minimum Gasteiger partial charge on any atom is -0.388 e. The smallest absolute Gasteiger partial charge is 0.0792 e. The number of aromatic nitrogens is 1. The van der Waals surface area contributed by atoms with Gasteiger partial charge in [-0.1, -0.05) is 51.7 Å². The fourth-order valence-corrected chi connectivity index (χ4v) is 2.73. The largest absolute Gasteiger partial charge is 0.388 e. The zero-order valence-electron chi connectivity index (χ0n) is 12.5. The van der Waals surface area contributed by atoms with Crippen LogP contribution in [0.25, 0.3) is 10.9 Å². The van der Waals surface area contributed by atoms with Crippen molar-refractivity contribution >= 4 is 10.9 Å². The number of benzene rings is 1. The average Bonchev–Trinajstić information content (AvgIpc) is 2.50. The highest BCUT2D eigenvalue weighted by Gasteiger charge is 2.14. The van der Waals surface area contributed by atoms with E-state index in [9.17, 15) is 5.11 Å². The summed E-state index contributed by atoms with van der Waals surface area (Å²) in [5, 5.41) is 11.6. The lowest BCUT2D eigenvalue weighted by Crippen LogP contribution is -2.07. The van der Waals surface area contributed by atoms with Crippen molar-refractivity contribution in [1.29, 1.82) is 0 Å². The first-order chi connectivity index (χ1) is 9.74. The molecule has 0 aliphatic heterocycles. The molecule has 108 valence electrons. The van der Waals surface area contributed by atoms with Gasteiger partial charge in [-0.05, 0) is 36.1 Å². The topological polar surface area (TPSA) is 33.1 Å². The summed E-state index contributed by atoms with van der Waals surface area (Å²) in [4.78, 5) is 4.32. The molecule has 1 heterocycles. The van der Waals surface area contributed by atoms with Crippen LogP contribution >= 0.6 is 0 Å². The van der Waals surface area contributed by atoms with Crippen molar-refractivity contribution < 1.29 is 5.11 Å². The number of pyridine rings is 1. The number of fused-ring (bicyclic) bond motifs is 1. The van der Waals surface area contributed by atoms with Crippen molar-refractivity contribution in [2.75, 3.05) is 0 Å². The predicted molar refractivity (Wildman–Crippen MR) is 84.6 cm³/mol. The van der Waals surface area contributed by atoms with Crippen LogP contribution in [0.2, 0.25) is 0 Å². The monoisotopic (exact) mass is 271 g/mol. The number of rotatable bonds is 7. The summed E-state index contributed by atoms with van der Waals surface area (Å²) in [7, 11) is 0. The van der Waals surface area contributed by atoms with E-state index in [1.54, 1.807) is 6.20 Å². The fourth-order valence-electron chi connectivity index (χ4n) is 2.73. The van der Waals surface area contributed by atoms with E-state index in [0.717, 1.165) is 29.3 Å². The molecular formula is C18H25NO. The lowest BCUT2D eigenvalue weighted by molar-refractivity contribution is 0.139. The highest BCUT2D eigenvalue weighted by atomic mass is 16.3. The Hall–Kier alpha value is -1.41. The molecule has 0 aliphatic rings. The van der Waals surface area contributed by atoms with E-state index in [0.29, 0.717) is 5.92 Å². The van der Waals surface area contributed by atoms with Gasteiger partial charge in [0, 0.05) is 11.6 Å². The Bertz CT molecular complexity index is 538. The molecule has 0 radical (unpaired) electrons. The van der Waals surface area contributed by atoms with Crippen molar-refractivity contribution in [3.05, 3.63) is 42.1 Å². The van der Waals surface area contributed by atoms with Gasteiger partial charge in [0.05, 0.1) is 11.6 Å². The molecule has 1 N–H and O–H groups in total. The molecule has 1 aromatic carbocycles. The molecule has 0 bridgehead atoms. The van der Waals surface area contributed by atoms with Gasteiger partial charge in [-0.3, -0.25) is 4.98 Å². The van der Waals surface area contributed by atoms with Gasteiger partial charge in [-0.25, -0.2) is 0 Å². The summed E-state index contributed by atoms with van der Waals surface area (Å²) >= 11 is 0. The standard InChI is InChI=1S/C18H25NO/c1-3-5-7-14(4-2)12-18(20)16-9-10-17-15(13-16)8-6-11-19-17/h6,8-11,13-14,18,20H,3-5,7,12H2,1-2H3. The molecular weight excluding hydrogens is 246 g/mol. The normalized spacial score (nSPS) is 14.3. The van der Waals surface area contributed by atoms with Crippen LogP contribution in [0.3, 0.4) is 0 Å². The zero-order chi connectivity index (χ0) is 14.4. The third kappa shape index (κ3) is 3.80. The highest BCUT2D eigenvalue weighted by molar-refractivity contribution is 5.78.